The first-order valence-electron chi connectivity index (χ1n) is 7.30. The van der Waals surface area contributed by atoms with E-state index in [0.717, 1.165) is 9.77 Å². The summed E-state index contributed by atoms with van der Waals surface area (Å²) in [5.74, 6) is 0.519. The summed E-state index contributed by atoms with van der Waals surface area (Å²) in [6.45, 7) is 16.3. The predicted octanol–water partition coefficient (Wildman–Crippen LogP) is 4.83. The van der Waals surface area contributed by atoms with Gasteiger partial charge in [-0.2, -0.15) is 0 Å². The second-order valence-corrected chi connectivity index (χ2v) is 16.4. The van der Waals surface area contributed by atoms with Gasteiger partial charge in [-0.1, -0.05) is 27.7 Å². The number of aliphatic hydroxyl groups is 1. The number of thiophene rings is 1. The fourth-order valence-electron chi connectivity index (χ4n) is 1.56. The Labute approximate surface area is 135 Å². The molecular formula is C15H29NO2S2Si. The summed E-state index contributed by atoms with van der Waals surface area (Å²) in [7, 11) is -4.38. The molecule has 3 nitrogen and oxygen atoms in total. The molecule has 1 heterocycles. The van der Waals surface area contributed by atoms with Gasteiger partial charge in [-0.15, -0.1) is 11.3 Å². The summed E-state index contributed by atoms with van der Waals surface area (Å²) >= 11 is 1.45. The molecule has 0 spiro atoms. The van der Waals surface area contributed by atoms with Crippen LogP contribution in [0.3, 0.4) is 0 Å². The van der Waals surface area contributed by atoms with Crippen LogP contribution < -0.4 is 0 Å². The standard InChI is InChI=1S/C15H29NO2S2Si/c1-9-20(18,16-21(7,8)14(2,3)4)13-10-12(11-19-13)15(5,6)17/h10-11,17H,9H2,1-8H3. The SMILES string of the molecule is CCS(=O)(=N[Si](C)(C)C(C)(C)C)c1cc(C(C)(C)O)cs1. The molecule has 0 aliphatic carbocycles. The van der Waals surface area contributed by atoms with Crippen molar-refractivity contribution >= 4 is 29.3 Å². The maximum absolute atomic E-state index is 13.4. The van der Waals surface area contributed by atoms with Gasteiger partial charge in [0.1, 0.15) is 0 Å². The lowest BCUT2D eigenvalue weighted by atomic mass is 10.0. The van der Waals surface area contributed by atoms with Gasteiger partial charge >= 0.3 is 0 Å². The van der Waals surface area contributed by atoms with Crippen molar-refractivity contribution in [1.82, 2.24) is 0 Å². The Hall–Kier alpha value is -0.173. The molecular weight excluding hydrogens is 318 g/mol. The van der Waals surface area contributed by atoms with Crippen LogP contribution in [0, 0.1) is 0 Å². The van der Waals surface area contributed by atoms with Crippen molar-refractivity contribution in [1.29, 1.82) is 0 Å². The normalized spacial score (nSPS) is 16.6. The minimum atomic E-state index is -2.39. The van der Waals surface area contributed by atoms with Crippen LogP contribution in [-0.2, 0) is 15.3 Å². The molecule has 0 saturated carbocycles. The van der Waals surface area contributed by atoms with Gasteiger partial charge in [0.15, 0.2) is 8.24 Å². The number of hydrogen-bond donors (Lipinski definition) is 1. The van der Waals surface area contributed by atoms with Gasteiger partial charge in [-0.25, -0.2) is 4.21 Å². The van der Waals surface area contributed by atoms with Crippen LogP contribution in [0.5, 0.6) is 0 Å². The fraction of sp³-hybridized carbons (Fsp3) is 0.733. The van der Waals surface area contributed by atoms with E-state index in [0.29, 0.717) is 5.75 Å². The molecule has 0 aromatic carbocycles. The van der Waals surface area contributed by atoms with Gasteiger partial charge in [0, 0.05) is 5.75 Å². The number of hydrogen-bond acceptors (Lipinski definition) is 4. The van der Waals surface area contributed by atoms with Gasteiger partial charge in [0.05, 0.1) is 19.5 Å². The Balaban J connectivity index is 3.42. The minimum absolute atomic E-state index is 0.0706. The summed E-state index contributed by atoms with van der Waals surface area (Å²) in [4.78, 5) is 0. The van der Waals surface area contributed by atoms with Crippen molar-refractivity contribution in [3.05, 3.63) is 17.0 Å². The Kier molecular flexibility index (Phi) is 5.21. The second-order valence-electron chi connectivity index (χ2n) is 7.54. The molecule has 1 aromatic heterocycles. The van der Waals surface area contributed by atoms with E-state index in [-0.39, 0.29) is 5.04 Å². The van der Waals surface area contributed by atoms with E-state index in [1.807, 2.05) is 18.4 Å². The molecule has 1 N–H and O–H groups in total. The molecule has 1 atom stereocenters. The smallest absolute Gasteiger partial charge is 0.193 e. The summed E-state index contributed by atoms with van der Waals surface area (Å²) < 4.78 is 19.0. The van der Waals surface area contributed by atoms with E-state index >= 15 is 0 Å². The van der Waals surface area contributed by atoms with Crippen molar-refractivity contribution in [2.45, 2.75) is 69.5 Å². The highest BCUT2D eigenvalue weighted by molar-refractivity contribution is 7.96. The predicted molar refractivity (Wildman–Crippen MR) is 96.1 cm³/mol. The van der Waals surface area contributed by atoms with E-state index in [2.05, 4.69) is 33.9 Å². The molecule has 0 aliphatic rings. The second kappa shape index (κ2) is 5.79. The maximum atomic E-state index is 13.4. The monoisotopic (exact) mass is 347 g/mol. The zero-order valence-electron chi connectivity index (χ0n) is 14.5. The first-order chi connectivity index (χ1) is 9.23. The van der Waals surface area contributed by atoms with E-state index in [4.69, 9.17) is 4.03 Å². The Bertz CT molecular complexity index is 612. The number of rotatable bonds is 4. The summed E-state index contributed by atoms with van der Waals surface area (Å²) in [5.41, 5.74) is -0.0890. The average Bonchev–Trinajstić information content (AvgIpc) is 2.75. The average molecular weight is 348 g/mol. The van der Waals surface area contributed by atoms with Crippen molar-refractivity contribution in [2.75, 3.05) is 5.75 Å². The van der Waals surface area contributed by atoms with E-state index in [9.17, 15) is 9.32 Å². The zero-order valence-corrected chi connectivity index (χ0v) is 17.1. The van der Waals surface area contributed by atoms with Crippen LogP contribution in [0.25, 0.3) is 0 Å². The Morgan fingerprint density at radius 1 is 1.29 bits per heavy atom. The van der Waals surface area contributed by atoms with Crippen LogP contribution >= 0.6 is 11.3 Å². The molecule has 0 radical (unpaired) electrons. The summed E-state index contributed by atoms with van der Waals surface area (Å²) in [6, 6.07) is 1.87. The molecule has 1 aromatic rings. The Morgan fingerprint density at radius 2 is 1.81 bits per heavy atom. The highest BCUT2D eigenvalue weighted by atomic mass is 32.2. The highest BCUT2D eigenvalue weighted by Crippen LogP contribution is 2.39. The van der Waals surface area contributed by atoms with E-state index < -0.39 is 23.6 Å². The van der Waals surface area contributed by atoms with E-state index in [1.165, 1.54) is 11.3 Å². The third-order valence-corrected chi connectivity index (χ3v) is 14.2. The van der Waals surface area contributed by atoms with E-state index in [1.54, 1.807) is 13.8 Å². The molecule has 6 heteroatoms. The van der Waals surface area contributed by atoms with Crippen LogP contribution in [-0.4, -0.2) is 23.3 Å². The molecule has 0 aliphatic heterocycles. The van der Waals surface area contributed by atoms with Crippen LogP contribution in [0.4, 0.5) is 0 Å². The molecule has 122 valence electrons. The lowest BCUT2D eigenvalue weighted by Gasteiger charge is -2.33. The summed E-state index contributed by atoms with van der Waals surface area (Å²) in [6.07, 6.45) is 0. The highest BCUT2D eigenvalue weighted by Gasteiger charge is 2.37. The fourth-order valence-corrected chi connectivity index (χ4v) is 9.31. The molecule has 0 bridgehead atoms. The van der Waals surface area contributed by atoms with Gasteiger partial charge in [-0.3, -0.25) is 4.03 Å². The lowest BCUT2D eigenvalue weighted by molar-refractivity contribution is 0.0789. The molecule has 0 fully saturated rings. The van der Waals surface area contributed by atoms with Crippen molar-refractivity contribution in [3.63, 3.8) is 0 Å². The summed E-state index contributed by atoms with van der Waals surface area (Å²) in [5, 5.41) is 12.1. The molecule has 0 saturated heterocycles. The van der Waals surface area contributed by atoms with Gasteiger partial charge < -0.3 is 5.11 Å². The third-order valence-electron chi connectivity index (χ3n) is 4.20. The quantitative estimate of drug-likeness (QED) is 0.793. The minimum Gasteiger partial charge on any atom is -0.386 e. The van der Waals surface area contributed by atoms with Crippen LogP contribution in [0.15, 0.2) is 19.7 Å². The largest absolute Gasteiger partial charge is 0.386 e. The van der Waals surface area contributed by atoms with Crippen molar-refractivity contribution < 1.29 is 9.32 Å². The topological polar surface area (TPSA) is 49.7 Å². The maximum Gasteiger partial charge on any atom is 0.193 e. The van der Waals surface area contributed by atoms with Gasteiger partial charge in [-0.05, 0) is 49.0 Å². The lowest BCUT2D eigenvalue weighted by Crippen LogP contribution is -2.36. The van der Waals surface area contributed by atoms with Crippen molar-refractivity contribution in [2.24, 2.45) is 4.03 Å². The Morgan fingerprint density at radius 3 is 2.14 bits per heavy atom. The first-order valence-corrected chi connectivity index (χ1v) is 12.8. The number of nitrogens with zero attached hydrogens (tertiary/aromatic N) is 1. The van der Waals surface area contributed by atoms with Crippen LogP contribution in [0.2, 0.25) is 18.1 Å². The van der Waals surface area contributed by atoms with Crippen molar-refractivity contribution in [3.8, 4) is 0 Å². The molecule has 1 rings (SSSR count). The van der Waals surface area contributed by atoms with Crippen LogP contribution in [0.1, 0.15) is 47.1 Å². The third kappa shape index (κ3) is 4.18. The first kappa shape index (κ1) is 18.9. The molecule has 0 amide bonds. The van der Waals surface area contributed by atoms with Gasteiger partial charge in [0.25, 0.3) is 0 Å². The zero-order chi connectivity index (χ0) is 16.7. The molecule has 21 heavy (non-hydrogen) atoms. The van der Waals surface area contributed by atoms with Gasteiger partial charge in [0.2, 0.25) is 0 Å². The molecule has 1 unspecified atom stereocenters.